The Morgan fingerprint density at radius 2 is 1.72 bits per heavy atom. The van der Waals surface area contributed by atoms with Crippen LogP contribution in [-0.2, 0) is 14.8 Å². The number of piperidine rings is 1. The first kappa shape index (κ1) is 23.9. The van der Waals surface area contributed by atoms with Gasteiger partial charge in [-0.2, -0.15) is 4.31 Å². The van der Waals surface area contributed by atoms with E-state index in [-0.39, 0.29) is 17.4 Å². The molecular weight excluding hydrogens is 432 g/mol. The van der Waals surface area contributed by atoms with Crippen LogP contribution in [0.2, 0.25) is 0 Å². The Morgan fingerprint density at radius 1 is 1.03 bits per heavy atom. The second-order valence-corrected chi connectivity index (χ2v) is 9.45. The van der Waals surface area contributed by atoms with E-state index in [1.807, 2.05) is 0 Å². The number of hydrogen-bond donors (Lipinski definition) is 1. The van der Waals surface area contributed by atoms with Crippen molar-refractivity contribution in [2.75, 3.05) is 33.4 Å². The predicted molar refractivity (Wildman–Crippen MR) is 121 cm³/mol. The fraction of sp³-hybridized carbons (Fsp3) is 0.435. The molecule has 0 spiro atoms. The quantitative estimate of drug-likeness (QED) is 0.546. The molecule has 3 rings (SSSR count). The SMILES string of the molecule is COc1cccc(O[C@@H](C)C(=O)NCCOc2ccc(S(=O)(=O)N3CCCCC3)cc2)c1. The van der Waals surface area contributed by atoms with Gasteiger partial charge in [-0.3, -0.25) is 4.79 Å². The van der Waals surface area contributed by atoms with Crippen LogP contribution in [0.3, 0.4) is 0 Å². The van der Waals surface area contributed by atoms with Crippen molar-refractivity contribution in [2.45, 2.75) is 37.2 Å². The number of hydrogen-bond acceptors (Lipinski definition) is 6. The molecule has 2 aromatic rings. The molecule has 0 bridgehead atoms. The molecule has 0 unspecified atom stereocenters. The van der Waals surface area contributed by atoms with Crippen LogP contribution in [0.4, 0.5) is 0 Å². The minimum atomic E-state index is -3.46. The molecule has 8 nitrogen and oxygen atoms in total. The topological polar surface area (TPSA) is 94.2 Å². The molecule has 1 N–H and O–H groups in total. The lowest BCUT2D eigenvalue weighted by atomic mass is 10.2. The average molecular weight is 463 g/mol. The van der Waals surface area contributed by atoms with Gasteiger partial charge in [0, 0.05) is 19.2 Å². The molecule has 0 saturated carbocycles. The molecule has 1 aliphatic heterocycles. The number of amides is 1. The van der Waals surface area contributed by atoms with Crippen molar-refractivity contribution in [2.24, 2.45) is 0 Å². The van der Waals surface area contributed by atoms with E-state index >= 15 is 0 Å². The maximum Gasteiger partial charge on any atom is 0.260 e. The maximum absolute atomic E-state index is 12.7. The predicted octanol–water partition coefficient (Wildman–Crippen LogP) is 2.83. The first-order valence-electron chi connectivity index (χ1n) is 10.7. The smallest absolute Gasteiger partial charge is 0.260 e. The summed E-state index contributed by atoms with van der Waals surface area (Å²) in [5, 5.41) is 2.76. The normalized spacial score (nSPS) is 15.6. The number of sulfonamides is 1. The van der Waals surface area contributed by atoms with Crippen LogP contribution in [-0.4, -0.2) is 58.1 Å². The van der Waals surface area contributed by atoms with Crippen LogP contribution in [0.15, 0.2) is 53.4 Å². The van der Waals surface area contributed by atoms with Crippen molar-refractivity contribution in [3.05, 3.63) is 48.5 Å². The first-order chi connectivity index (χ1) is 15.4. The highest BCUT2D eigenvalue weighted by Gasteiger charge is 2.25. The molecule has 174 valence electrons. The number of ether oxygens (including phenoxy) is 3. The summed E-state index contributed by atoms with van der Waals surface area (Å²) in [5.41, 5.74) is 0. The highest BCUT2D eigenvalue weighted by atomic mass is 32.2. The number of methoxy groups -OCH3 is 1. The molecule has 1 amide bonds. The minimum absolute atomic E-state index is 0.246. The van der Waals surface area contributed by atoms with Crippen LogP contribution in [0.5, 0.6) is 17.2 Å². The van der Waals surface area contributed by atoms with E-state index in [2.05, 4.69) is 5.32 Å². The third kappa shape index (κ3) is 6.37. The minimum Gasteiger partial charge on any atom is -0.497 e. The van der Waals surface area contributed by atoms with Crippen LogP contribution in [0.25, 0.3) is 0 Å². The van der Waals surface area contributed by atoms with Gasteiger partial charge in [0.1, 0.15) is 23.9 Å². The number of nitrogens with one attached hydrogen (secondary N) is 1. The van der Waals surface area contributed by atoms with Gasteiger partial charge in [-0.15, -0.1) is 0 Å². The van der Waals surface area contributed by atoms with E-state index in [0.29, 0.717) is 36.9 Å². The Hall–Kier alpha value is -2.78. The van der Waals surface area contributed by atoms with Crippen LogP contribution in [0, 0.1) is 0 Å². The standard InChI is InChI=1S/C23H30N2O6S/c1-18(31-21-8-6-7-20(17-21)29-2)23(26)24-13-16-30-19-9-11-22(12-10-19)32(27,28)25-14-4-3-5-15-25/h6-12,17-18H,3-5,13-16H2,1-2H3,(H,24,26)/t18-/m0/s1. The van der Waals surface area contributed by atoms with E-state index in [0.717, 1.165) is 19.3 Å². The Morgan fingerprint density at radius 3 is 2.41 bits per heavy atom. The molecule has 0 aromatic heterocycles. The Kier molecular flexibility index (Phi) is 8.35. The van der Waals surface area contributed by atoms with Gasteiger partial charge in [0.2, 0.25) is 10.0 Å². The lowest BCUT2D eigenvalue weighted by Gasteiger charge is -2.25. The average Bonchev–Trinajstić information content (AvgIpc) is 2.82. The lowest BCUT2D eigenvalue weighted by molar-refractivity contribution is -0.127. The van der Waals surface area contributed by atoms with Crippen LogP contribution in [0.1, 0.15) is 26.2 Å². The molecule has 1 atom stereocenters. The van der Waals surface area contributed by atoms with Crippen molar-refractivity contribution in [1.82, 2.24) is 9.62 Å². The third-order valence-corrected chi connectivity index (χ3v) is 7.08. The molecule has 0 radical (unpaired) electrons. The molecule has 1 heterocycles. The summed E-state index contributed by atoms with van der Waals surface area (Å²) >= 11 is 0. The molecular formula is C23H30N2O6S. The zero-order valence-corrected chi connectivity index (χ0v) is 19.3. The largest absolute Gasteiger partial charge is 0.497 e. The van der Waals surface area contributed by atoms with E-state index < -0.39 is 16.1 Å². The van der Waals surface area contributed by atoms with Gasteiger partial charge in [-0.1, -0.05) is 12.5 Å². The number of carbonyl (C=O) groups is 1. The summed E-state index contributed by atoms with van der Waals surface area (Å²) in [6.45, 7) is 3.34. The van der Waals surface area contributed by atoms with Gasteiger partial charge in [-0.05, 0) is 56.2 Å². The van der Waals surface area contributed by atoms with E-state index in [4.69, 9.17) is 14.2 Å². The summed E-state index contributed by atoms with van der Waals surface area (Å²) in [5.74, 6) is 1.47. The zero-order chi connectivity index (χ0) is 23.0. The summed E-state index contributed by atoms with van der Waals surface area (Å²) < 4.78 is 43.3. The Bertz CT molecular complexity index is 988. The van der Waals surface area contributed by atoms with Crippen molar-refractivity contribution >= 4 is 15.9 Å². The Balaban J connectivity index is 1.42. The molecule has 9 heteroatoms. The van der Waals surface area contributed by atoms with Gasteiger partial charge in [0.15, 0.2) is 6.10 Å². The molecule has 0 aliphatic carbocycles. The van der Waals surface area contributed by atoms with Crippen molar-refractivity contribution < 1.29 is 27.4 Å². The number of carbonyl (C=O) groups excluding carboxylic acids is 1. The first-order valence-corrected chi connectivity index (χ1v) is 12.2. The van der Waals surface area contributed by atoms with Crippen molar-refractivity contribution in [1.29, 1.82) is 0 Å². The lowest BCUT2D eigenvalue weighted by Crippen LogP contribution is -2.38. The number of benzene rings is 2. The van der Waals surface area contributed by atoms with E-state index in [1.165, 1.54) is 4.31 Å². The second kappa shape index (κ2) is 11.2. The molecule has 32 heavy (non-hydrogen) atoms. The van der Waals surface area contributed by atoms with E-state index in [1.54, 1.807) is 62.6 Å². The number of nitrogens with zero attached hydrogens (tertiary/aromatic N) is 1. The molecule has 1 saturated heterocycles. The van der Waals surface area contributed by atoms with E-state index in [9.17, 15) is 13.2 Å². The van der Waals surface area contributed by atoms with Gasteiger partial charge in [0.05, 0.1) is 18.6 Å². The molecule has 1 fully saturated rings. The zero-order valence-electron chi connectivity index (χ0n) is 18.5. The molecule has 2 aromatic carbocycles. The highest BCUT2D eigenvalue weighted by molar-refractivity contribution is 7.89. The van der Waals surface area contributed by atoms with Gasteiger partial charge >= 0.3 is 0 Å². The fourth-order valence-corrected chi connectivity index (χ4v) is 4.90. The van der Waals surface area contributed by atoms with Crippen LogP contribution >= 0.6 is 0 Å². The monoisotopic (exact) mass is 462 g/mol. The molecule has 1 aliphatic rings. The van der Waals surface area contributed by atoms with Gasteiger partial charge < -0.3 is 19.5 Å². The highest BCUT2D eigenvalue weighted by Crippen LogP contribution is 2.23. The van der Waals surface area contributed by atoms with Crippen molar-refractivity contribution in [3.8, 4) is 17.2 Å². The summed E-state index contributed by atoms with van der Waals surface area (Å²) in [6.07, 6.45) is 2.19. The fourth-order valence-electron chi connectivity index (χ4n) is 3.38. The third-order valence-electron chi connectivity index (χ3n) is 5.17. The van der Waals surface area contributed by atoms with Gasteiger partial charge in [0.25, 0.3) is 5.91 Å². The number of rotatable bonds is 10. The van der Waals surface area contributed by atoms with Crippen LogP contribution < -0.4 is 19.5 Å². The second-order valence-electron chi connectivity index (χ2n) is 7.51. The van der Waals surface area contributed by atoms with Crippen molar-refractivity contribution in [3.63, 3.8) is 0 Å². The summed E-state index contributed by atoms with van der Waals surface area (Å²) in [7, 11) is -1.89. The maximum atomic E-state index is 12.7. The Labute approximate surface area is 189 Å². The summed E-state index contributed by atoms with van der Waals surface area (Å²) in [4.78, 5) is 12.5. The summed E-state index contributed by atoms with van der Waals surface area (Å²) in [6, 6.07) is 13.4. The van der Waals surface area contributed by atoms with Gasteiger partial charge in [-0.25, -0.2) is 8.42 Å².